The zero-order valence-electron chi connectivity index (χ0n) is 27.1. The predicted molar refractivity (Wildman–Crippen MR) is 189 cm³/mol. The van der Waals surface area contributed by atoms with E-state index in [-0.39, 0.29) is 0 Å². The van der Waals surface area contributed by atoms with E-state index in [2.05, 4.69) is 210 Å². The van der Waals surface area contributed by atoms with E-state index in [4.69, 9.17) is 9.78 Å². The van der Waals surface area contributed by atoms with Crippen molar-refractivity contribution in [2.24, 2.45) is 0 Å². The van der Waals surface area contributed by atoms with Crippen molar-refractivity contribution in [1.29, 1.82) is 0 Å². The zero-order chi connectivity index (χ0) is 32.1. The van der Waals surface area contributed by atoms with Gasteiger partial charge >= 0.3 is 0 Å². The highest BCUT2D eigenvalue weighted by Gasteiger charge is 2.55. The Morgan fingerprint density at radius 1 is 0.261 bits per heavy atom. The third-order valence-corrected chi connectivity index (χ3v) is 9.51. The molecule has 0 atom stereocenters. The number of hydrogen-bond donors (Lipinski definition) is 0. The first-order chi connectivity index (χ1) is 22.3. The molecule has 0 amide bonds. The number of hydrogen-bond acceptors (Lipinski definition) is 2. The van der Waals surface area contributed by atoms with E-state index in [1.54, 1.807) is 0 Å². The summed E-state index contributed by atoms with van der Waals surface area (Å²) in [5, 5.41) is 0. The van der Waals surface area contributed by atoms with Crippen molar-refractivity contribution >= 4 is 0 Å². The fraction of sp³-hybridized carbons (Fsp3) is 0.182. The van der Waals surface area contributed by atoms with E-state index in [1.807, 2.05) is 0 Å². The molecule has 0 spiro atoms. The SMILES string of the molecule is CC(C)(OOC(C)(C)C(c1ccccc1)(c1ccccc1)c1ccccc1)C(c1ccccc1)(c1ccccc1)c1ccccc1. The van der Waals surface area contributed by atoms with Crippen molar-refractivity contribution in [3.05, 3.63) is 215 Å². The largest absolute Gasteiger partial charge is 0.228 e. The van der Waals surface area contributed by atoms with Gasteiger partial charge < -0.3 is 0 Å². The lowest BCUT2D eigenvalue weighted by Crippen LogP contribution is -2.56. The summed E-state index contributed by atoms with van der Waals surface area (Å²) >= 11 is 0. The van der Waals surface area contributed by atoms with Gasteiger partial charge in [-0.1, -0.05) is 182 Å². The predicted octanol–water partition coefficient (Wildman–Crippen LogP) is 10.6. The van der Waals surface area contributed by atoms with Crippen LogP contribution in [0.5, 0.6) is 0 Å². The second kappa shape index (κ2) is 12.9. The summed E-state index contributed by atoms with van der Waals surface area (Å²) in [4.78, 5) is 14.0. The third kappa shape index (κ3) is 5.28. The van der Waals surface area contributed by atoms with Crippen LogP contribution in [0.25, 0.3) is 0 Å². The molecule has 0 saturated carbocycles. The Balaban J connectivity index is 1.55. The summed E-state index contributed by atoms with van der Waals surface area (Å²) in [5.41, 5.74) is 3.56. The van der Waals surface area contributed by atoms with Gasteiger partial charge in [-0.25, -0.2) is 9.78 Å². The molecule has 2 heteroatoms. The van der Waals surface area contributed by atoms with Crippen LogP contribution in [0, 0.1) is 0 Å². The van der Waals surface area contributed by atoms with Crippen molar-refractivity contribution in [2.75, 3.05) is 0 Å². The Hall–Kier alpha value is -4.76. The maximum absolute atomic E-state index is 6.99. The minimum atomic E-state index is -0.885. The topological polar surface area (TPSA) is 18.5 Å². The highest BCUT2D eigenvalue weighted by atomic mass is 17.2. The second-order valence-corrected chi connectivity index (χ2v) is 12.9. The average molecular weight is 603 g/mol. The van der Waals surface area contributed by atoms with Gasteiger partial charge in [-0.05, 0) is 61.1 Å². The molecule has 0 aromatic heterocycles. The molecule has 0 bridgehead atoms. The van der Waals surface area contributed by atoms with Crippen molar-refractivity contribution in [2.45, 2.75) is 49.7 Å². The van der Waals surface area contributed by atoms with Crippen molar-refractivity contribution in [1.82, 2.24) is 0 Å². The molecular weight excluding hydrogens is 560 g/mol. The highest BCUT2D eigenvalue weighted by molar-refractivity contribution is 5.55. The Morgan fingerprint density at radius 3 is 0.565 bits per heavy atom. The molecule has 0 unspecified atom stereocenters. The summed E-state index contributed by atoms with van der Waals surface area (Å²) in [7, 11) is 0. The Labute approximate surface area is 274 Å². The molecular formula is C44H42O2. The van der Waals surface area contributed by atoms with Gasteiger partial charge in [0, 0.05) is 0 Å². The minimum absolute atomic E-state index is 0.707. The number of benzene rings is 6. The van der Waals surface area contributed by atoms with Crippen LogP contribution in [0.2, 0.25) is 0 Å². The van der Waals surface area contributed by atoms with Gasteiger partial charge in [-0.2, -0.15) is 0 Å². The van der Waals surface area contributed by atoms with Gasteiger partial charge in [0.2, 0.25) is 0 Å². The molecule has 6 rings (SSSR count). The van der Waals surface area contributed by atoms with Crippen molar-refractivity contribution in [3.8, 4) is 0 Å². The van der Waals surface area contributed by atoms with Crippen LogP contribution in [0.1, 0.15) is 61.1 Å². The fourth-order valence-electron chi connectivity index (χ4n) is 7.55. The lowest BCUT2D eigenvalue weighted by Gasteiger charge is -2.51. The van der Waals surface area contributed by atoms with E-state index in [0.717, 1.165) is 33.4 Å². The first-order valence-corrected chi connectivity index (χ1v) is 16.0. The first-order valence-electron chi connectivity index (χ1n) is 16.0. The summed E-state index contributed by atoms with van der Waals surface area (Å²) in [5.74, 6) is 0. The molecule has 0 N–H and O–H groups in total. The summed E-state index contributed by atoms with van der Waals surface area (Å²) in [6.07, 6.45) is 0. The minimum Gasteiger partial charge on any atom is -0.228 e. The van der Waals surface area contributed by atoms with Gasteiger partial charge in [0.05, 0.1) is 10.8 Å². The summed E-state index contributed by atoms with van der Waals surface area (Å²) in [6, 6.07) is 63.9. The lowest BCUT2D eigenvalue weighted by molar-refractivity contribution is -0.415. The van der Waals surface area contributed by atoms with Crippen molar-refractivity contribution in [3.63, 3.8) is 0 Å². The van der Waals surface area contributed by atoms with E-state index in [9.17, 15) is 0 Å². The van der Waals surface area contributed by atoms with Gasteiger partial charge in [0.1, 0.15) is 11.2 Å². The molecule has 6 aromatic carbocycles. The maximum Gasteiger partial charge on any atom is 0.116 e. The Kier molecular flexibility index (Phi) is 8.77. The van der Waals surface area contributed by atoms with E-state index < -0.39 is 22.0 Å². The normalized spacial score (nSPS) is 12.5. The Morgan fingerprint density at radius 2 is 0.413 bits per heavy atom. The van der Waals surface area contributed by atoms with E-state index >= 15 is 0 Å². The average Bonchev–Trinajstić information content (AvgIpc) is 3.11. The quantitative estimate of drug-likeness (QED) is 0.0834. The molecule has 0 aliphatic heterocycles. The van der Waals surface area contributed by atoms with Gasteiger partial charge in [-0.15, -0.1) is 0 Å². The molecule has 0 radical (unpaired) electrons. The van der Waals surface area contributed by atoms with Gasteiger partial charge in [-0.3, -0.25) is 0 Å². The molecule has 0 aliphatic rings. The van der Waals surface area contributed by atoms with Gasteiger partial charge in [0.25, 0.3) is 0 Å². The van der Waals surface area contributed by atoms with Crippen LogP contribution in [0.3, 0.4) is 0 Å². The lowest BCUT2D eigenvalue weighted by atomic mass is 9.60. The maximum atomic E-state index is 6.99. The molecule has 0 aliphatic carbocycles. The van der Waals surface area contributed by atoms with Crippen LogP contribution in [-0.4, -0.2) is 11.2 Å². The molecule has 2 nitrogen and oxygen atoms in total. The fourth-order valence-corrected chi connectivity index (χ4v) is 7.55. The monoisotopic (exact) mass is 602 g/mol. The van der Waals surface area contributed by atoms with E-state index in [0.29, 0.717) is 0 Å². The van der Waals surface area contributed by atoms with Crippen LogP contribution in [0.15, 0.2) is 182 Å². The van der Waals surface area contributed by atoms with Crippen LogP contribution in [-0.2, 0) is 20.6 Å². The van der Waals surface area contributed by atoms with Crippen LogP contribution in [0.4, 0.5) is 0 Å². The van der Waals surface area contributed by atoms with Crippen LogP contribution >= 0.6 is 0 Å². The highest BCUT2D eigenvalue weighted by Crippen LogP contribution is 2.53. The smallest absolute Gasteiger partial charge is 0.116 e. The number of rotatable bonds is 11. The molecule has 0 heterocycles. The zero-order valence-corrected chi connectivity index (χ0v) is 27.1. The second-order valence-electron chi connectivity index (χ2n) is 12.9. The van der Waals surface area contributed by atoms with Gasteiger partial charge in [0.15, 0.2) is 0 Å². The Bertz CT molecular complexity index is 1470. The first kappa shape index (κ1) is 31.2. The van der Waals surface area contributed by atoms with Crippen LogP contribution < -0.4 is 0 Å². The summed E-state index contributed by atoms with van der Waals surface area (Å²) in [6.45, 7) is 8.58. The molecule has 6 aromatic rings. The molecule has 46 heavy (non-hydrogen) atoms. The standard InChI is InChI=1S/C44H42O2/c1-41(2,43(35-23-11-5-12-24-35,36-25-13-6-14-26-36)37-27-15-7-16-28-37)45-46-42(3,4)44(38-29-17-8-18-30-38,39-31-19-9-20-32-39)40-33-21-10-22-34-40/h5-34H,1-4H3. The third-order valence-electron chi connectivity index (χ3n) is 9.51. The summed E-state index contributed by atoms with van der Waals surface area (Å²) < 4.78 is 0. The molecule has 0 fully saturated rings. The molecule has 0 saturated heterocycles. The van der Waals surface area contributed by atoms with Crippen molar-refractivity contribution < 1.29 is 9.78 Å². The van der Waals surface area contributed by atoms with E-state index in [1.165, 1.54) is 0 Å². The molecule has 230 valence electrons.